The highest BCUT2D eigenvalue weighted by molar-refractivity contribution is 6.10. The summed E-state index contributed by atoms with van der Waals surface area (Å²) < 4.78 is 0. The zero-order valence-electron chi connectivity index (χ0n) is 21.0. The fraction of sp³-hybridized carbons (Fsp3) is 0.552. The largest absolute Gasteiger partial charge is 0.390 e. The van der Waals surface area contributed by atoms with Gasteiger partial charge in [-0.25, -0.2) is 0 Å². The molecule has 0 bridgehead atoms. The van der Waals surface area contributed by atoms with E-state index in [0.29, 0.717) is 19.3 Å². The summed E-state index contributed by atoms with van der Waals surface area (Å²) in [5.74, 6) is 0.0978. The van der Waals surface area contributed by atoms with Crippen LogP contribution >= 0.6 is 0 Å². The number of hydrogen-bond acceptors (Lipinski definition) is 2. The first kappa shape index (κ1) is 27.1. The molecule has 1 N–H and O–H groups in total. The molecule has 1 rings (SSSR count). The zero-order valence-corrected chi connectivity index (χ0v) is 21.0. The third-order valence-corrected chi connectivity index (χ3v) is 6.26. The summed E-state index contributed by atoms with van der Waals surface area (Å²) in [6.45, 7) is 18.4. The number of hydrogen-bond donors (Lipinski definition) is 1. The summed E-state index contributed by atoms with van der Waals surface area (Å²) in [5, 5.41) is 10.8. The lowest BCUT2D eigenvalue weighted by molar-refractivity contribution is -0.112. The van der Waals surface area contributed by atoms with Crippen LogP contribution in [0.15, 0.2) is 69.9 Å². The van der Waals surface area contributed by atoms with Gasteiger partial charge in [0.05, 0.1) is 5.60 Å². The number of Topliss-reactive ketones (excluding diaryl/α,β-unsaturated/α-hetero) is 1. The van der Waals surface area contributed by atoms with Crippen molar-refractivity contribution in [3.8, 4) is 0 Å². The molecule has 2 nitrogen and oxygen atoms in total. The van der Waals surface area contributed by atoms with Gasteiger partial charge in [-0.15, -0.1) is 0 Å². The first-order valence-electron chi connectivity index (χ1n) is 11.7. The van der Waals surface area contributed by atoms with Crippen LogP contribution in [0.4, 0.5) is 0 Å². The highest BCUT2D eigenvalue weighted by Gasteiger charge is 2.24. The molecule has 0 radical (unpaired) electrons. The molecule has 0 spiro atoms. The standard InChI is InChI=1S/C29H44O2/c1-21(2)12-9-13-22(3)14-10-15-23(4)16-11-18-29(8,31)19-17-27-20-24(5)25(6)26(7)28(27)30/h12,14,16,20,31H,5,9-11,13,15,17-19H2,1-4,6-8H3/b22-14+,23-16+. The van der Waals surface area contributed by atoms with E-state index in [1.54, 1.807) is 0 Å². The lowest BCUT2D eigenvalue weighted by atomic mass is 9.84. The molecule has 172 valence electrons. The molecule has 0 amide bonds. The summed E-state index contributed by atoms with van der Waals surface area (Å²) in [5.41, 5.74) is 6.88. The topological polar surface area (TPSA) is 37.3 Å². The van der Waals surface area contributed by atoms with Crippen LogP contribution in [0.1, 0.15) is 99.8 Å². The van der Waals surface area contributed by atoms with Gasteiger partial charge in [0.15, 0.2) is 5.78 Å². The van der Waals surface area contributed by atoms with Crippen molar-refractivity contribution < 1.29 is 9.90 Å². The highest BCUT2D eigenvalue weighted by atomic mass is 16.3. The van der Waals surface area contributed by atoms with Crippen molar-refractivity contribution in [2.24, 2.45) is 0 Å². The number of ketones is 1. The summed E-state index contributed by atoms with van der Waals surface area (Å²) in [6.07, 6.45) is 15.9. The van der Waals surface area contributed by atoms with Gasteiger partial charge in [0.1, 0.15) is 0 Å². The van der Waals surface area contributed by atoms with Gasteiger partial charge in [0.2, 0.25) is 0 Å². The Hall–Kier alpha value is -1.93. The van der Waals surface area contributed by atoms with Crippen molar-refractivity contribution in [2.75, 3.05) is 0 Å². The van der Waals surface area contributed by atoms with Crippen LogP contribution in [0.3, 0.4) is 0 Å². The molecule has 0 aromatic heterocycles. The van der Waals surface area contributed by atoms with E-state index in [1.165, 1.54) is 16.7 Å². The molecule has 0 aliphatic heterocycles. The van der Waals surface area contributed by atoms with Crippen molar-refractivity contribution in [3.05, 3.63) is 69.9 Å². The lowest BCUT2D eigenvalue weighted by Crippen LogP contribution is -2.25. The molecule has 0 saturated carbocycles. The van der Waals surface area contributed by atoms with Crippen LogP contribution < -0.4 is 0 Å². The number of rotatable bonds is 12. The van der Waals surface area contributed by atoms with E-state index < -0.39 is 5.60 Å². The molecule has 0 fully saturated rings. The number of carbonyl (C=O) groups is 1. The molecule has 0 aromatic carbocycles. The van der Waals surface area contributed by atoms with Gasteiger partial charge in [-0.3, -0.25) is 4.79 Å². The van der Waals surface area contributed by atoms with Gasteiger partial charge in [0.25, 0.3) is 0 Å². The first-order chi connectivity index (χ1) is 14.4. The van der Waals surface area contributed by atoms with E-state index in [0.717, 1.165) is 54.4 Å². The minimum Gasteiger partial charge on any atom is -0.390 e. The van der Waals surface area contributed by atoms with Gasteiger partial charge < -0.3 is 5.11 Å². The molecule has 0 saturated heterocycles. The van der Waals surface area contributed by atoms with Crippen molar-refractivity contribution in [1.29, 1.82) is 0 Å². The maximum Gasteiger partial charge on any atom is 0.185 e. The summed E-state index contributed by atoms with van der Waals surface area (Å²) in [6, 6.07) is 0. The molecule has 2 heteroatoms. The third kappa shape index (κ3) is 10.3. The summed E-state index contributed by atoms with van der Waals surface area (Å²) >= 11 is 0. The average molecular weight is 425 g/mol. The molecule has 0 aromatic rings. The molecule has 1 unspecified atom stereocenters. The summed E-state index contributed by atoms with van der Waals surface area (Å²) in [4.78, 5) is 12.5. The highest BCUT2D eigenvalue weighted by Crippen LogP contribution is 2.29. The Bertz CT molecular complexity index is 806. The minimum atomic E-state index is -0.773. The molecular formula is C29H44O2. The van der Waals surface area contributed by atoms with Crippen LogP contribution in [-0.4, -0.2) is 16.5 Å². The second kappa shape index (κ2) is 12.8. The molecule has 0 heterocycles. The van der Waals surface area contributed by atoms with Crippen molar-refractivity contribution >= 4 is 5.78 Å². The fourth-order valence-corrected chi connectivity index (χ4v) is 3.72. The van der Waals surface area contributed by atoms with Gasteiger partial charge in [-0.1, -0.05) is 41.5 Å². The predicted molar refractivity (Wildman–Crippen MR) is 135 cm³/mol. The predicted octanol–water partition coefficient (Wildman–Crippen LogP) is 8.12. The van der Waals surface area contributed by atoms with E-state index in [1.807, 2.05) is 26.8 Å². The van der Waals surface area contributed by atoms with E-state index in [2.05, 4.69) is 52.5 Å². The quantitative estimate of drug-likeness (QED) is 0.321. The molecular weight excluding hydrogens is 380 g/mol. The monoisotopic (exact) mass is 424 g/mol. The first-order valence-corrected chi connectivity index (χ1v) is 11.7. The molecule has 1 atom stereocenters. The summed E-state index contributed by atoms with van der Waals surface area (Å²) in [7, 11) is 0. The van der Waals surface area contributed by atoms with Crippen LogP contribution in [0.25, 0.3) is 0 Å². The van der Waals surface area contributed by atoms with Gasteiger partial charge >= 0.3 is 0 Å². The number of aliphatic hydroxyl groups is 1. The van der Waals surface area contributed by atoms with Crippen molar-refractivity contribution in [1.82, 2.24) is 0 Å². The molecule has 31 heavy (non-hydrogen) atoms. The maximum absolute atomic E-state index is 12.5. The second-order valence-electron chi connectivity index (χ2n) is 9.77. The molecule has 1 aliphatic rings. The van der Waals surface area contributed by atoms with Crippen molar-refractivity contribution in [3.63, 3.8) is 0 Å². The van der Waals surface area contributed by atoms with E-state index in [9.17, 15) is 9.90 Å². The zero-order chi connectivity index (χ0) is 23.6. The smallest absolute Gasteiger partial charge is 0.185 e. The second-order valence-corrected chi connectivity index (χ2v) is 9.77. The maximum atomic E-state index is 12.5. The Kier molecular flexibility index (Phi) is 11.2. The van der Waals surface area contributed by atoms with E-state index in [-0.39, 0.29) is 5.78 Å². The number of allylic oxidation sites excluding steroid dienone is 11. The Morgan fingerprint density at radius 1 is 0.935 bits per heavy atom. The number of carbonyl (C=O) groups excluding carboxylic acids is 1. The van der Waals surface area contributed by atoms with Gasteiger partial charge in [0, 0.05) is 11.1 Å². The van der Waals surface area contributed by atoms with Crippen LogP contribution in [-0.2, 0) is 4.79 Å². The van der Waals surface area contributed by atoms with Gasteiger partial charge in [-0.2, -0.15) is 0 Å². The van der Waals surface area contributed by atoms with Crippen molar-refractivity contribution in [2.45, 2.75) is 105 Å². The van der Waals surface area contributed by atoms with Crippen LogP contribution in [0.5, 0.6) is 0 Å². The Morgan fingerprint density at radius 2 is 1.48 bits per heavy atom. The van der Waals surface area contributed by atoms with Gasteiger partial charge in [-0.05, 0) is 117 Å². The Balaban J connectivity index is 2.41. The Labute approximate surface area is 191 Å². The van der Waals surface area contributed by atoms with E-state index >= 15 is 0 Å². The SMILES string of the molecule is C=C1C=C(CCC(C)(O)CC/C=C(\C)CC/C=C(\C)CCC=C(C)C)C(=O)C(C)=C1C. The third-order valence-electron chi connectivity index (χ3n) is 6.26. The fourth-order valence-electron chi connectivity index (χ4n) is 3.72. The lowest BCUT2D eigenvalue weighted by Gasteiger charge is -2.24. The van der Waals surface area contributed by atoms with E-state index in [4.69, 9.17) is 0 Å². The van der Waals surface area contributed by atoms with Crippen LogP contribution in [0, 0.1) is 0 Å². The minimum absolute atomic E-state index is 0.0978. The normalized spacial score (nSPS) is 17.6. The average Bonchev–Trinajstić information content (AvgIpc) is 2.67. The van der Waals surface area contributed by atoms with Crippen LogP contribution in [0.2, 0.25) is 0 Å². The Morgan fingerprint density at radius 3 is 2.06 bits per heavy atom. The molecule has 1 aliphatic carbocycles.